The van der Waals surface area contributed by atoms with E-state index in [1.807, 2.05) is 0 Å². The number of nitrogens with one attached hydrogen (secondary N) is 1. The van der Waals surface area contributed by atoms with Crippen molar-refractivity contribution in [3.05, 3.63) is 12.3 Å². The molecule has 22 heavy (non-hydrogen) atoms. The fraction of sp³-hybridized carbons (Fsp3) is 0.692. The molecule has 0 bridgehead atoms. The molecule has 1 saturated heterocycles. The van der Waals surface area contributed by atoms with Crippen molar-refractivity contribution < 1.29 is 23.1 Å². The van der Waals surface area contributed by atoms with E-state index < -0.39 is 21.9 Å². The van der Waals surface area contributed by atoms with Crippen molar-refractivity contribution in [3.63, 3.8) is 0 Å². The summed E-state index contributed by atoms with van der Waals surface area (Å²) in [5, 5.41) is 13.3. The van der Waals surface area contributed by atoms with Gasteiger partial charge in [0.25, 0.3) is 10.0 Å². The summed E-state index contributed by atoms with van der Waals surface area (Å²) in [6.45, 7) is 3.12. The van der Waals surface area contributed by atoms with Gasteiger partial charge in [0, 0.05) is 26.3 Å². The third kappa shape index (κ3) is 3.84. The third-order valence-electron chi connectivity index (χ3n) is 3.90. The fourth-order valence-corrected chi connectivity index (χ4v) is 3.87. The van der Waals surface area contributed by atoms with Gasteiger partial charge in [0.05, 0.1) is 12.1 Å². The molecule has 1 aromatic heterocycles. The van der Waals surface area contributed by atoms with Crippen molar-refractivity contribution in [1.29, 1.82) is 0 Å². The quantitative estimate of drug-likeness (QED) is 0.744. The van der Waals surface area contributed by atoms with Crippen LogP contribution in [0.5, 0.6) is 0 Å². The van der Waals surface area contributed by atoms with E-state index in [2.05, 4.69) is 9.82 Å². The average Bonchev–Trinajstić information content (AvgIpc) is 2.97. The third-order valence-corrected chi connectivity index (χ3v) is 5.34. The minimum atomic E-state index is -3.77. The second-order valence-electron chi connectivity index (χ2n) is 5.23. The summed E-state index contributed by atoms with van der Waals surface area (Å²) in [6, 6.07) is 1.40. The number of hydrogen-bond donors (Lipinski definition) is 2. The highest BCUT2D eigenvalue weighted by atomic mass is 32.2. The maximum Gasteiger partial charge on any atom is 0.308 e. The Morgan fingerprint density at radius 1 is 1.55 bits per heavy atom. The van der Waals surface area contributed by atoms with E-state index in [0.29, 0.717) is 32.6 Å². The van der Waals surface area contributed by atoms with Gasteiger partial charge < -0.3 is 9.84 Å². The number of carboxylic acids is 1. The number of rotatable bonds is 7. The molecular weight excluding hydrogens is 310 g/mol. The van der Waals surface area contributed by atoms with Crippen molar-refractivity contribution in [1.82, 2.24) is 14.5 Å². The second kappa shape index (κ2) is 7.21. The van der Waals surface area contributed by atoms with Crippen LogP contribution in [0.25, 0.3) is 0 Å². The highest BCUT2D eigenvalue weighted by Crippen LogP contribution is 2.24. The smallest absolute Gasteiger partial charge is 0.308 e. The molecule has 124 valence electrons. The Labute approximate surface area is 129 Å². The molecule has 0 radical (unpaired) electrons. The van der Waals surface area contributed by atoms with Crippen LogP contribution in [0.3, 0.4) is 0 Å². The number of aromatic nitrogens is 2. The highest BCUT2D eigenvalue weighted by molar-refractivity contribution is 7.89. The Balaban J connectivity index is 2.06. The molecule has 2 heterocycles. The molecule has 1 unspecified atom stereocenters. The van der Waals surface area contributed by atoms with E-state index in [9.17, 15) is 18.3 Å². The number of ether oxygens (including phenoxy) is 1. The zero-order chi connectivity index (χ0) is 16.2. The van der Waals surface area contributed by atoms with Gasteiger partial charge in [-0.1, -0.05) is 0 Å². The molecule has 1 fully saturated rings. The van der Waals surface area contributed by atoms with Gasteiger partial charge in [-0.15, -0.1) is 0 Å². The predicted octanol–water partition coefficient (Wildman–Crippen LogP) is 0.309. The molecule has 2 rings (SSSR count). The van der Waals surface area contributed by atoms with E-state index in [-0.39, 0.29) is 17.5 Å². The first-order valence-electron chi connectivity index (χ1n) is 7.27. The number of hydrogen-bond acceptors (Lipinski definition) is 5. The van der Waals surface area contributed by atoms with E-state index >= 15 is 0 Å². The fourth-order valence-electron chi connectivity index (χ4n) is 2.63. The molecule has 8 nitrogen and oxygen atoms in total. The lowest BCUT2D eigenvalue weighted by Gasteiger charge is -2.27. The highest BCUT2D eigenvalue weighted by Gasteiger charge is 2.31. The topological polar surface area (TPSA) is 111 Å². The number of sulfonamides is 1. The molecule has 0 aromatic carbocycles. The first-order chi connectivity index (χ1) is 10.5. The van der Waals surface area contributed by atoms with Crippen molar-refractivity contribution >= 4 is 16.0 Å². The molecule has 1 aliphatic heterocycles. The van der Waals surface area contributed by atoms with Crippen molar-refractivity contribution in [2.45, 2.75) is 31.3 Å². The summed E-state index contributed by atoms with van der Waals surface area (Å²) in [5.41, 5.74) is 0. The van der Waals surface area contributed by atoms with Gasteiger partial charge >= 0.3 is 5.97 Å². The van der Waals surface area contributed by atoms with E-state index in [1.165, 1.54) is 16.9 Å². The van der Waals surface area contributed by atoms with Crippen LogP contribution in [-0.4, -0.2) is 49.0 Å². The van der Waals surface area contributed by atoms with Crippen molar-refractivity contribution in [2.75, 3.05) is 19.8 Å². The van der Waals surface area contributed by atoms with Crippen molar-refractivity contribution in [3.8, 4) is 0 Å². The van der Waals surface area contributed by atoms with Crippen LogP contribution in [0.1, 0.15) is 19.8 Å². The lowest BCUT2D eigenvalue weighted by molar-refractivity contribution is -0.144. The van der Waals surface area contributed by atoms with E-state index in [1.54, 1.807) is 6.92 Å². The molecule has 1 aromatic rings. The SMILES string of the molecule is CCn1nccc1S(=O)(=O)NCC(C(=O)O)C1CCOCC1. The summed E-state index contributed by atoms with van der Waals surface area (Å²) in [6.07, 6.45) is 2.67. The van der Waals surface area contributed by atoms with Crippen LogP contribution in [0.2, 0.25) is 0 Å². The zero-order valence-electron chi connectivity index (χ0n) is 12.4. The minimum Gasteiger partial charge on any atom is -0.481 e. The van der Waals surface area contributed by atoms with Crippen LogP contribution in [-0.2, 0) is 26.1 Å². The Hall–Kier alpha value is -1.45. The summed E-state index contributed by atoms with van der Waals surface area (Å²) in [5.74, 6) is -1.82. The maximum atomic E-state index is 12.3. The number of aliphatic carboxylic acids is 1. The van der Waals surface area contributed by atoms with Gasteiger partial charge in [-0.25, -0.2) is 13.1 Å². The molecule has 1 aliphatic rings. The van der Waals surface area contributed by atoms with E-state index in [4.69, 9.17) is 4.74 Å². The monoisotopic (exact) mass is 331 g/mol. The summed E-state index contributed by atoms with van der Waals surface area (Å²) < 4.78 is 33.6. The Kier molecular flexibility index (Phi) is 5.54. The minimum absolute atomic E-state index is 0.0473. The normalized spacial score (nSPS) is 18.2. The Bertz CT molecular complexity index is 607. The number of nitrogens with zero attached hydrogens (tertiary/aromatic N) is 2. The van der Waals surface area contributed by atoms with Gasteiger partial charge in [0.1, 0.15) is 0 Å². The van der Waals surface area contributed by atoms with Crippen LogP contribution in [0.15, 0.2) is 17.3 Å². The first kappa shape index (κ1) is 16.9. The van der Waals surface area contributed by atoms with Crippen LogP contribution >= 0.6 is 0 Å². The van der Waals surface area contributed by atoms with Crippen LogP contribution in [0.4, 0.5) is 0 Å². The van der Waals surface area contributed by atoms with Gasteiger partial charge in [-0.2, -0.15) is 5.10 Å². The van der Waals surface area contributed by atoms with Gasteiger partial charge in [-0.05, 0) is 31.7 Å². The summed E-state index contributed by atoms with van der Waals surface area (Å²) in [7, 11) is -3.77. The molecule has 0 aliphatic carbocycles. The van der Waals surface area contributed by atoms with Gasteiger partial charge in [-0.3, -0.25) is 9.48 Å². The van der Waals surface area contributed by atoms with Gasteiger partial charge in [0.15, 0.2) is 5.03 Å². The maximum absolute atomic E-state index is 12.3. The summed E-state index contributed by atoms with van der Waals surface area (Å²) >= 11 is 0. The second-order valence-corrected chi connectivity index (χ2v) is 6.95. The summed E-state index contributed by atoms with van der Waals surface area (Å²) in [4.78, 5) is 11.4. The Morgan fingerprint density at radius 2 is 2.23 bits per heavy atom. The average molecular weight is 331 g/mol. The zero-order valence-corrected chi connectivity index (χ0v) is 13.3. The van der Waals surface area contributed by atoms with Crippen LogP contribution in [0, 0.1) is 11.8 Å². The molecule has 1 atom stereocenters. The lowest BCUT2D eigenvalue weighted by Crippen LogP contribution is -2.39. The lowest BCUT2D eigenvalue weighted by atomic mass is 9.86. The molecule has 2 N–H and O–H groups in total. The van der Waals surface area contributed by atoms with Crippen molar-refractivity contribution in [2.24, 2.45) is 11.8 Å². The molecule has 0 amide bonds. The van der Waals surface area contributed by atoms with Crippen LogP contribution < -0.4 is 4.72 Å². The number of aryl methyl sites for hydroxylation is 1. The Morgan fingerprint density at radius 3 is 2.82 bits per heavy atom. The molecule has 0 saturated carbocycles. The molecular formula is C13H21N3O5S. The number of carboxylic acid groups (broad SMARTS) is 1. The molecule has 0 spiro atoms. The molecule has 9 heteroatoms. The number of carbonyl (C=O) groups is 1. The predicted molar refractivity (Wildman–Crippen MR) is 77.8 cm³/mol. The standard InChI is InChI=1S/C13H21N3O5S/c1-2-16-12(3-6-14-16)22(19,20)15-9-11(13(17)18)10-4-7-21-8-5-10/h3,6,10-11,15H,2,4-5,7-9H2,1H3,(H,17,18). The largest absolute Gasteiger partial charge is 0.481 e. The van der Waals surface area contributed by atoms with E-state index in [0.717, 1.165) is 0 Å². The van der Waals surface area contributed by atoms with Gasteiger partial charge in [0.2, 0.25) is 0 Å². The first-order valence-corrected chi connectivity index (χ1v) is 8.76.